The molecule has 0 aliphatic carbocycles. The van der Waals surface area contributed by atoms with Crippen LogP contribution in [0.1, 0.15) is 5.69 Å². The van der Waals surface area contributed by atoms with Gasteiger partial charge in [0.15, 0.2) is 11.5 Å². The molecule has 2 aromatic heterocycles. The van der Waals surface area contributed by atoms with Crippen LogP contribution in [0.3, 0.4) is 0 Å². The molecule has 1 aliphatic heterocycles. The topological polar surface area (TPSA) is 130 Å². The molecule has 1 aliphatic rings. The lowest BCUT2D eigenvalue weighted by molar-refractivity contribution is 0.0593. The Morgan fingerprint density at radius 2 is 2.17 bits per heavy atom. The maximum Gasteiger partial charge on any atom is 0.158 e. The third kappa shape index (κ3) is 4.48. The first-order valence-corrected chi connectivity index (χ1v) is 9.42. The number of nitrogens with one attached hydrogen (secondary N) is 3. The van der Waals surface area contributed by atoms with Gasteiger partial charge in [0.2, 0.25) is 0 Å². The minimum Gasteiger partial charge on any atom is -0.496 e. The van der Waals surface area contributed by atoms with E-state index in [0.717, 1.165) is 17.8 Å². The van der Waals surface area contributed by atoms with Crippen molar-refractivity contribution < 1.29 is 14.2 Å². The van der Waals surface area contributed by atoms with Crippen molar-refractivity contribution in [1.29, 1.82) is 5.26 Å². The lowest BCUT2D eigenvalue weighted by atomic mass is 10.1. The number of ether oxygens (including phenoxy) is 3. The standard InChI is InChI=1S/C20H21N7O3/c1-28-16-3-2-4-17(30-12-14-11-29-6-5-22-14)20(16)15-7-18(27-26-15)25-19-10-23-13(8-21)9-24-19/h2-4,7,9-10,14,22H,5-6,11-12H2,1H3,(H2,24,25,26,27)/t14-/m1/s1. The zero-order chi connectivity index (χ0) is 20.8. The van der Waals surface area contributed by atoms with E-state index in [1.165, 1.54) is 12.4 Å². The Balaban J connectivity index is 1.54. The van der Waals surface area contributed by atoms with Gasteiger partial charge in [-0.2, -0.15) is 10.4 Å². The predicted octanol–water partition coefficient (Wildman–Crippen LogP) is 1.86. The number of methoxy groups -OCH3 is 1. The molecule has 0 bridgehead atoms. The van der Waals surface area contributed by atoms with Crippen LogP contribution in [0.2, 0.25) is 0 Å². The van der Waals surface area contributed by atoms with Crippen molar-refractivity contribution in [2.45, 2.75) is 6.04 Å². The Morgan fingerprint density at radius 1 is 1.27 bits per heavy atom. The molecular formula is C20H21N7O3. The molecule has 3 heterocycles. The fourth-order valence-corrected chi connectivity index (χ4v) is 3.08. The molecule has 1 aromatic carbocycles. The summed E-state index contributed by atoms with van der Waals surface area (Å²) < 4.78 is 17.1. The van der Waals surface area contributed by atoms with Gasteiger partial charge < -0.3 is 24.8 Å². The minimum atomic E-state index is 0.131. The minimum absolute atomic E-state index is 0.131. The van der Waals surface area contributed by atoms with Gasteiger partial charge in [0.1, 0.15) is 30.0 Å². The number of nitriles is 1. The number of hydrogen-bond donors (Lipinski definition) is 3. The highest BCUT2D eigenvalue weighted by molar-refractivity contribution is 5.76. The van der Waals surface area contributed by atoms with Gasteiger partial charge >= 0.3 is 0 Å². The third-order valence-corrected chi connectivity index (χ3v) is 4.52. The van der Waals surface area contributed by atoms with E-state index >= 15 is 0 Å². The van der Waals surface area contributed by atoms with Crippen molar-refractivity contribution >= 4 is 11.6 Å². The number of benzene rings is 1. The molecule has 10 heteroatoms. The lowest BCUT2D eigenvalue weighted by Gasteiger charge is -2.24. The number of aromatic amines is 1. The van der Waals surface area contributed by atoms with Gasteiger partial charge in [-0.05, 0) is 12.1 Å². The molecule has 10 nitrogen and oxygen atoms in total. The molecule has 3 N–H and O–H groups in total. The number of anilines is 2. The molecule has 0 spiro atoms. The van der Waals surface area contributed by atoms with Crippen molar-refractivity contribution in [3.8, 4) is 28.8 Å². The molecule has 0 unspecified atom stereocenters. The number of aromatic nitrogens is 4. The largest absolute Gasteiger partial charge is 0.496 e. The highest BCUT2D eigenvalue weighted by atomic mass is 16.5. The molecule has 1 atom stereocenters. The summed E-state index contributed by atoms with van der Waals surface area (Å²) in [4.78, 5) is 8.13. The molecule has 3 aromatic rings. The second-order valence-electron chi connectivity index (χ2n) is 6.56. The SMILES string of the molecule is COc1cccc(OC[C@H]2COCCN2)c1-c1cc(Nc2cnc(C#N)cn2)n[nH]1. The second-order valence-corrected chi connectivity index (χ2v) is 6.56. The predicted molar refractivity (Wildman–Crippen MR) is 109 cm³/mol. The van der Waals surface area contributed by atoms with Crippen molar-refractivity contribution in [3.63, 3.8) is 0 Å². The summed E-state index contributed by atoms with van der Waals surface area (Å²) >= 11 is 0. The average Bonchev–Trinajstić information content (AvgIpc) is 3.26. The second kappa shape index (κ2) is 9.21. The van der Waals surface area contributed by atoms with Gasteiger partial charge in [0.25, 0.3) is 0 Å². The van der Waals surface area contributed by atoms with E-state index in [0.29, 0.717) is 43.0 Å². The van der Waals surface area contributed by atoms with E-state index in [9.17, 15) is 0 Å². The van der Waals surface area contributed by atoms with Crippen LogP contribution in [0, 0.1) is 11.3 Å². The van der Waals surface area contributed by atoms with Gasteiger partial charge in [-0.15, -0.1) is 0 Å². The fourth-order valence-electron chi connectivity index (χ4n) is 3.08. The average molecular weight is 407 g/mol. The fraction of sp³-hybridized carbons (Fsp3) is 0.300. The van der Waals surface area contributed by atoms with E-state index in [1.54, 1.807) is 7.11 Å². The van der Waals surface area contributed by atoms with E-state index in [1.807, 2.05) is 30.3 Å². The highest BCUT2D eigenvalue weighted by Gasteiger charge is 2.19. The maximum absolute atomic E-state index is 8.83. The number of morpholine rings is 1. The van der Waals surface area contributed by atoms with Gasteiger partial charge in [0, 0.05) is 12.6 Å². The summed E-state index contributed by atoms with van der Waals surface area (Å²) in [5.41, 5.74) is 1.74. The normalized spacial score (nSPS) is 15.9. The number of nitrogens with zero attached hydrogens (tertiary/aromatic N) is 4. The first kappa shape index (κ1) is 19.6. The van der Waals surface area contributed by atoms with Crippen LogP contribution in [-0.2, 0) is 4.74 Å². The zero-order valence-electron chi connectivity index (χ0n) is 16.4. The summed E-state index contributed by atoms with van der Waals surface area (Å²) in [5, 5.41) is 22.5. The number of rotatable bonds is 7. The molecule has 1 fully saturated rings. The summed E-state index contributed by atoms with van der Waals surface area (Å²) in [6, 6.07) is 9.53. The Hall–Kier alpha value is -3.68. The summed E-state index contributed by atoms with van der Waals surface area (Å²) in [6.07, 6.45) is 2.87. The lowest BCUT2D eigenvalue weighted by Crippen LogP contribution is -2.44. The van der Waals surface area contributed by atoms with E-state index < -0.39 is 0 Å². The van der Waals surface area contributed by atoms with Crippen LogP contribution >= 0.6 is 0 Å². The van der Waals surface area contributed by atoms with Crippen LogP contribution in [0.5, 0.6) is 11.5 Å². The summed E-state index contributed by atoms with van der Waals surface area (Å²) in [7, 11) is 1.61. The molecule has 0 amide bonds. The summed E-state index contributed by atoms with van der Waals surface area (Å²) in [6.45, 7) is 2.62. The van der Waals surface area contributed by atoms with E-state index in [4.69, 9.17) is 19.5 Å². The Morgan fingerprint density at radius 3 is 2.90 bits per heavy atom. The van der Waals surface area contributed by atoms with E-state index in [2.05, 4.69) is 30.8 Å². The van der Waals surface area contributed by atoms with Gasteiger partial charge in [-0.25, -0.2) is 9.97 Å². The monoisotopic (exact) mass is 407 g/mol. The van der Waals surface area contributed by atoms with Gasteiger partial charge in [0.05, 0.1) is 50.0 Å². The number of hydrogen-bond acceptors (Lipinski definition) is 9. The first-order chi connectivity index (χ1) is 14.8. The van der Waals surface area contributed by atoms with Crippen LogP contribution in [-0.4, -0.2) is 59.7 Å². The van der Waals surface area contributed by atoms with E-state index in [-0.39, 0.29) is 11.7 Å². The van der Waals surface area contributed by atoms with Crippen LogP contribution in [0.15, 0.2) is 36.7 Å². The van der Waals surface area contributed by atoms with Gasteiger partial charge in [-0.3, -0.25) is 5.10 Å². The molecule has 0 radical (unpaired) electrons. The first-order valence-electron chi connectivity index (χ1n) is 9.42. The molecule has 154 valence electrons. The van der Waals surface area contributed by atoms with Crippen LogP contribution in [0.4, 0.5) is 11.6 Å². The van der Waals surface area contributed by atoms with Crippen LogP contribution < -0.4 is 20.1 Å². The van der Waals surface area contributed by atoms with Gasteiger partial charge in [-0.1, -0.05) is 6.07 Å². The smallest absolute Gasteiger partial charge is 0.158 e. The van der Waals surface area contributed by atoms with Crippen molar-refractivity contribution in [3.05, 3.63) is 42.4 Å². The molecule has 30 heavy (non-hydrogen) atoms. The Bertz CT molecular complexity index is 1020. The van der Waals surface area contributed by atoms with Crippen molar-refractivity contribution in [2.24, 2.45) is 0 Å². The summed E-state index contributed by atoms with van der Waals surface area (Å²) in [5.74, 6) is 2.36. The van der Waals surface area contributed by atoms with Crippen LogP contribution in [0.25, 0.3) is 11.3 Å². The maximum atomic E-state index is 8.83. The number of H-pyrrole nitrogens is 1. The van der Waals surface area contributed by atoms with Crippen molar-refractivity contribution in [2.75, 3.05) is 38.8 Å². The quantitative estimate of drug-likeness (QED) is 0.537. The molecule has 1 saturated heterocycles. The Labute approximate surface area is 173 Å². The molecule has 4 rings (SSSR count). The van der Waals surface area contributed by atoms with Crippen molar-refractivity contribution in [1.82, 2.24) is 25.5 Å². The molecular weight excluding hydrogens is 386 g/mol. The molecule has 0 saturated carbocycles. The highest BCUT2D eigenvalue weighted by Crippen LogP contribution is 2.38. The Kier molecular flexibility index (Phi) is 6.03. The third-order valence-electron chi connectivity index (χ3n) is 4.52. The zero-order valence-corrected chi connectivity index (χ0v) is 16.4.